The molecule has 33 heavy (non-hydrogen) atoms. The largest absolute Gasteiger partial charge is 0.506 e. The highest BCUT2D eigenvalue weighted by molar-refractivity contribution is 5.96. The Morgan fingerprint density at radius 3 is 2.73 bits per heavy atom. The van der Waals surface area contributed by atoms with Gasteiger partial charge in [0.05, 0.1) is 0 Å². The van der Waals surface area contributed by atoms with Crippen molar-refractivity contribution >= 4 is 16.8 Å². The van der Waals surface area contributed by atoms with Gasteiger partial charge in [-0.2, -0.15) is 0 Å². The van der Waals surface area contributed by atoms with E-state index in [1.54, 1.807) is 18.2 Å². The third-order valence-electron chi connectivity index (χ3n) is 6.55. The molecule has 0 amide bonds. The summed E-state index contributed by atoms with van der Waals surface area (Å²) in [7, 11) is 0. The van der Waals surface area contributed by atoms with E-state index in [2.05, 4.69) is 43.1 Å². The number of phenolic OH excluding ortho intramolecular Hbond substituents is 1. The number of benzene rings is 3. The molecule has 2 aliphatic rings. The second-order valence-corrected chi connectivity index (χ2v) is 9.41. The molecule has 1 aliphatic heterocycles. The first-order chi connectivity index (χ1) is 16.0. The van der Waals surface area contributed by atoms with Crippen LogP contribution in [0.1, 0.15) is 36.6 Å². The molecule has 1 aromatic heterocycles. The predicted molar refractivity (Wildman–Crippen MR) is 128 cm³/mol. The summed E-state index contributed by atoms with van der Waals surface area (Å²) < 4.78 is 12.5. The van der Waals surface area contributed by atoms with Crippen molar-refractivity contribution in [3.05, 3.63) is 95.6 Å². The molecule has 0 saturated heterocycles. The lowest BCUT2D eigenvalue weighted by molar-refractivity contribution is 0.0537. The molecule has 3 aromatic carbocycles. The average Bonchev–Trinajstić information content (AvgIpc) is 3.27. The number of aromatic nitrogens is 1. The standard InChI is InChI=1S/C28H24N2O3/c1-28(2)16-19-7-3-4-11-21(19)25-26(28)33-27(30-25)18-9-5-10-20(15-18)32-23-14-13-17-8-6-12-22(31)24(17)29-23/h3-15,25-26,31H,16H2,1-2H3/t25-,26-/m0/s1. The number of aromatic hydroxyl groups is 1. The quantitative estimate of drug-likeness (QED) is 0.415. The number of fused-ring (bicyclic) bond motifs is 4. The number of para-hydroxylation sites is 1. The lowest BCUT2D eigenvalue weighted by Crippen LogP contribution is -2.40. The number of pyridine rings is 1. The normalized spacial score (nSPS) is 20.5. The minimum atomic E-state index is -0.0185. The van der Waals surface area contributed by atoms with Gasteiger partial charge < -0.3 is 14.6 Å². The topological polar surface area (TPSA) is 63.9 Å². The van der Waals surface area contributed by atoms with Crippen molar-refractivity contribution in [2.75, 3.05) is 0 Å². The van der Waals surface area contributed by atoms with Gasteiger partial charge in [0, 0.05) is 22.4 Å². The maximum absolute atomic E-state index is 10.1. The van der Waals surface area contributed by atoms with Crippen LogP contribution in [-0.2, 0) is 11.2 Å². The zero-order chi connectivity index (χ0) is 22.6. The van der Waals surface area contributed by atoms with Gasteiger partial charge in [-0.05, 0) is 47.9 Å². The summed E-state index contributed by atoms with van der Waals surface area (Å²) in [6, 6.07) is 25.2. The van der Waals surface area contributed by atoms with Crippen molar-refractivity contribution < 1.29 is 14.6 Å². The van der Waals surface area contributed by atoms with Crippen LogP contribution < -0.4 is 4.74 Å². The van der Waals surface area contributed by atoms with Crippen molar-refractivity contribution in [1.82, 2.24) is 4.98 Å². The zero-order valence-corrected chi connectivity index (χ0v) is 18.5. The van der Waals surface area contributed by atoms with Gasteiger partial charge in [-0.15, -0.1) is 0 Å². The summed E-state index contributed by atoms with van der Waals surface area (Å²) in [4.78, 5) is 9.47. The van der Waals surface area contributed by atoms with E-state index >= 15 is 0 Å². The summed E-state index contributed by atoms with van der Waals surface area (Å²) >= 11 is 0. The van der Waals surface area contributed by atoms with E-state index in [-0.39, 0.29) is 23.3 Å². The monoisotopic (exact) mass is 436 g/mol. The van der Waals surface area contributed by atoms with Crippen LogP contribution in [0.15, 0.2) is 83.9 Å². The molecule has 5 heteroatoms. The van der Waals surface area contributed by atoms with Crippen molar-refractivity contribution in [3.63, 3.8) is 0 Å². The number of hydrogen-bond donors (Lipinski definition) is 1. The van der Waals surface area contributed by atoms with E-state index < -0.39 is 0 Å². The Morgan fingerprint density at radius 1 is 0.970 bits per heavy atom. The number of phenols is 1. The Balaban J connectivity index is 1.31. The molecule has 6 rings (SSSR count). The van der Waals surface area contributed by atoms with Gasteiger partial charge in [-0.25, -0.2) is 9.98 Å². The number of rotatable bonds is 3. The molecule has 0 radical (unpaired) electrons. The Kier molecular flexibility index (Phi) is 4.40. The van der Waals surface area contributed by atoms with Crippen LogP contribution in [0.5, 0.6) is 17.4 Å². The van der Waals surface area contributed by atoms with Gasteiger partial charge in [0.15, 0.2) is 0 Å². The molecule has 164 valence electrons. The van der Waals surface area contributed by atoms with E-state index in [9.17, 15) is 5.11 Å². The van der Waals surface area contributed by atoms with Crippen molar-refractivity contribution in [1.29, 1.82) is 0 Å². The number of aliphatic imine (C=N–C) groups is 1. The first kappa shape index (κ1) is 19.8. The van der Waals surface area contributed by atoms with Crippen LogP contribution in [0, 0.1) is 5.41 Å². The fourth-order valence-corrected chi connectivity index (χ4v) is 4.93. The zero-order valence-electron chi connectivity index (χ0n) is 18.5. The molecule has 0 unspecified atom stereocenters. The molecule has 5 nitrogen and oxygen atoms in total. The highest BCUT2D eigenvalue weighted by Crippen LogP contribution is 2.48. The van der Waals surface area contributed by atoms with E-state index in [4.69, 9.17) is 14.5 Å². The number of hydrogen-bond acceptors (Lipinski definition) is 5. The van der Waals surface area contributed by atoms with Gasteiger partial charge in [0.2, 0.25) is 11.8 Å². The lowest BCUT2D eigenvalue weighted by atomic mass is 9.70. The highest BCUT2D eigenvalue weighted by atomic mass is 16.5. The predicted octanol–water partition coefficient (Wildman–Crippen LogP) is 6.20. The van der Waals surface area contributed by atoms with Gasteiger partial charge in [-0.1, -0.05) is 56.3 Å². The second kappa shape index (κ2) is 7.34. The van der Waals surface area contributed by atoms with Crippen molar-refractivity contribution in [2.45, 2.75) is 32.4 Å². The summed E-state index contributed by atoms with van der Waals surface area (Å²) in [5, 5.41) is 11.0. The Bertz CT molecular complexity index is 1410. The van der Waals surface area contributed by atoms with E-state index in [1.807, 2.05) is 36.4 Å². The third-order valence-corrected chi connectivity index (χ3v) is 6.55. The molecular formula is C28H24N2O3. The Labute approximate surface area is 192 Å². The van der Waals surface area contributed by atoms with Crippen LogP contribution in [0.3, 0.4) is 0 Å². The van der Waals surface area contributed by atoms with Crippen LogP contribution in [0.2, 0.25) is 0 Å². The third kappa shape index (κ3) is 3.41. The molecule has 2 heterocycles. The molecule has 4 aromatic rings. The SMILES string of the molecule is CC1(C)Cc2ccccc2[C@@H]2N=C(c3cccc(Oc4ccc5cccc(O)c5n4)c3)O[C@@H]21. The molecular weight excluding hydrogens is 412 g/mol. The summed E-state index contributed by atoms with van der Waals surface area (Å²) in [5.74, 6) is 1.82. The van der Waals surface area contributed by atoms with Gasteiger partial charge in [0.25, 0.3) is 0 Å². The van der Waals surface area contributed by atoms with Crippen LogP contribution in [0.4, 0.5) is 0 Å². The van der Waals surface area contributed by atoms with E-state index in [0.717, 1.165) is 17.4 Å². The molecule has 1 aliphatic carbocycles. The summed E-state index contributed by atoms with van der Waals surface area (Å²) in [5.41, 5.74) is 3.97. The van der Waals surface area contributed by atoms with Gasteiger partial charge in [-0.3, -0.25) is 0 Å². The Morgan fingerprint density at radius 2 is 1.82 bits per heavy atom. The van der Waals surface area contributed by atoms with E-state index in [1.165, 1.54) is 11.1 Å². The van der Waals surface area contributed by atoms with Crippen molar-refractivity contribution in [2.24, 2.45) is 10.4 Å². The van der Waals surface area contributed by atoms with Crippen LogP contribution >= 0.6 is 0 Å². The average molecular weight is 437 g/mol. The number of nitrogens with zero attached hydrogens (tertiary/aromatic N) is 2. The molecule has 0 saturated carbocycles. The first-order valence-corrected chi connectivity index (χ1v) is 11.2. The van der Waals surface area contributed by atoms with Crippen molar-refractivity contribution in [3.8, 4) is 17.4 Å². The highest BCUT2D eigenvalue weighted by Gasteiger charge is 2.47. The van der Waals surface area contributed by atoms with Crippen LogP contribution in [-0.4, -0.2) is 22.1 Å². The maximum atomic E-state index is 10.1. The van der Waals surface area contributed by atoms with Gasteiger partial charge >= 0.3 is 0 Å². The summed E-state index contributed by atoms with van der Waals surface area (Å²) in [6.45, 7) is 4.50. The first-order valence-electron chi connectivity index (χ1n) is 11.2. The Hall–Kier alpha value is -3.86. The molecule has 0 bridgehead atoms. The second-order valence-electron chi connectivity index (χ2n) is 9.41. The molecule has 0 fully saturated rings. The minimum absolute atomic E-state index is 0.00268. The minimum Gasteiger partial charge on any atom is -0.506 e. The fourth-order valence-electron chi connectivity index (χ4n) is 4.93. The lowest BCUT2D eigenvalue weighted by Gasteiger charge is -2.39. The summed E-state index contributed by atoms with van der Waals surface area (Å²) in [6.07, 6.45) is 0.966. The molecule has 1 N–H and O–H groups in total. The van der Waals surface area contributed by atoms with Gasteiger partial charge in [0.1, 0.15) is 29.2 Å². The smallest absolute Gasteiger partial charge is 0.219 e. The van der Waals surface area contributed by atoms with Crippen LogP contribution in [0.25, 0.3) is 10.9 Å². The maximum Gasteiger partial charge on any atom is 0.219 e. The molecule has 2 atom stereocenters. The van der Waals surface area contributed by atoms with E-state index in [0.29, 0.717) is 23.0 Å². The fraction of sp³-hybridized carbons (Fsp3) is 0.214. The number of ether oxygens (including phenoxy) is 2. The molecule has 0 spiro atoms.